The average molecular weight is 1230 g/mol. The second-order valence-electron chi connectivity index (χ2n) is 24.6. The molecule has 21 nitrogen and oxygen atoms in total. The smallest absolute Gasteiger partial charge is 0.330 e. The van der Waals surface area contributed by atoms with Gasteiger partial charge in [0.25, 0.3) is 11.8 Å². The third-order valence-electron chi connectivity index (χ3n) is 16.1. The van der Waals surface area contributed by atoms with Gasteiger partial charge in [0, 0.05) is 72.7 Å². The van der Waals surface area contributed by atoms with Gasteiger partial charge in [0.1, 0.15) is 42.6 Å². The molecule has 4 aromatic carbocycles. The molecular weight excluding hydrogens is 1140 g/mol. The Labute approximate surface area is 523 Å². The van der Waals surface area contributed by atoms with Gasteiger partial charge in [-0.2, -0.15) is 0 Å². The lowest BCUT2D eigenvalue weighted by molar-refractivity contribution is -0.166. The number of hydrogen-bond donors (Lipinski definition) is 1. The Hall–Kier alpha value is -8.17. The molecule has 4 aromatic rings. The number of esters is 2. The predicted molar refractivity (Wildman–Crippen MR) is 335 cm³/mol. The Kier molecular flexibility index (Phi) is 25.4. The maximum Gasteiger partial charge on any atom is 0.330 e. The summed E-state index contributed by atoms with van der Waals surface area (Å²) < 4.78 is 35.2. The number of amides is 5. The first kappa shape index (κ1) is 69.9. The molecule has 0 saturated carbocycles. The number of likely N-dealkylation sites (N-methyl/N-ethyl adjacent to an activating group) is 3. The van der Waals surface area contributed by atoms with Crippen LogP contribution in [0.4, 0.5) is 0 Å². The molecule has 2 heterocycles. The predicted octanol–water partition coefficient (Wildman–Crippen LogP) is 6.89. The van der Waals surface area contributed by atoms with Gasteiger partial charge in [-0.1, -0.05) is 86.5 Å². The Bertz CT molecular complexity index is 3190. The van der Waals surface area contributed by atoms with Crippen LogP contribution in [0.15, 0.2) is 97.1 Å². The third-order valence-corrected chi connectivity index (χ3v) is 16.1. The lowest BCUT2D eigenvalue weighted by Crippen LogP contribution is -2.60. The van der Waals surface area contributed by atoms with E-state index in [0.717, 1.165) is 28.0 Å². The molecule has 0 unspecified atom stereocenters. The number of rotatable bonds is 12. The topological polar surface area (TPSA) is 237 Å². The van der Waals surface area contributed by atoms with Crippen LogP contribution in [-0.2, 0) is 70.2 Å². The van der Waals surface area contributed by atoms with Crippen molar-refractivity contribution >= 4 is 63.8 Å². The molecule has 5 amide bonds. The number of Topliss-reactive ketones (excluding diaryl/α,β-unsaturated/α-hetero) is 2. The normalized spacial score (nSPS) is 21.8. The van der Waals surface area contributed by atoms with Gasteiger partial charge < -0.3 is 58.2 Å². The van der Waals surface area contributed by atoms with Crippen LogP contribution < -0.4 is 19.5 Å². The quantitative estimate of drug-likeness (QED) is 0.112. The van der Waals surface area contributed by atoms with Crippen molar-refractivity contribution in [1.82, 2.24) is 29.8 Å². The van der Waals surface area contributed by atoms with Crippen LogP contribution >= 0.6 is 0 Å². The Morgan fingerprint density at radius 3 is 2.15 bits per heavy atom. The maximum atomic E-state index is 15.1. The highest BCUT2D eigenvalue weighted by atomic mass is 16.5. The number of nitrogens with zero attached hydrogens (tertiary/aromatic N) is 5. The van der Waals surface area contributed by atoms with Crippen LogP contribution in [0, 0.1) is 5.41 Å². The zero-order valence-corrected chi connectivity index (χ0v) is 53.8. The van der Waals surface area contributed by atoms with Gasteiger partial charge in [0.15, 0.2) is 23.9 Å². The van der Waals surface area contributed by atoms with Crippen molar-refractivity contribution in [2.24, 2.45) is 5.41 Å². The highest BCUT2D eigenvalue weighted by Gasteiger charge is 2.44. The standard InChI is InChI=1S/C68H90N6O15/c1-13-14-24-52-63(80)69-51(38-46-26-29-47-20-15-16-21-48(47)37-46)64(81)73(10)54(42-88-67(2,3)4)55(75)30-33-59(76)71(8)34-18-17-25-61(78)87-44-68(5,6)62(79)65(82)74-36-35-70(7)41-53(74)66(83)89-56(31-27-45-28-32-57(84-11)58(39-45)85-12)49-22-19-23-50(40-49)86-43-60(77)72(52)9/h15-17,19-23,25-26,28-29,32,37,39-40,51-54,56H,13-14,18,24,27,30-31,33-36,38,41-44H2,1-12H3,(H,69,80)/t51-,52-,53-,54-,56+/m0/s1. The van der Waals surface area contributed by atoms with E-state index < -0.39 is 102 Å². The fourth-order valence-corrected chi connectivity index (χ4v) is 10.5. The molecule has 2 aliphatic rings. The van der Waals surface area contributed by atoms with Gasteiger partial charge in [-0.25, -0.2) is 9.59 Å². The summed E-state index contributed by atoms with van der Waals surface area (Å²) in [6, 6.07) is 20.9. The number of aryl methyl sites for hydroxylation is 1. The van der Waals surface area contributed by atoms with Crippen LogP contribution in [0.3, 0.4) is 0 Å². The fourth-order valence-electron chi connectivity index (χ4n) is 10.5. The summed E-state index contributed by atoms with van der Waals surface area (Å²) in [5.74, 6) is -4.72. The molecule has 1 saturated heterocycles. The zero-order chi connectivity index (χ0) is 65.2. The fraction of sp³-hybridized carbons (Fsp3) is 0.515. The molecule has 1 fully saturated rings. The van der Waals surface area contributed by atoms with E-state index in [1.54, 1.807) is 44.4 Å². The molecule has 482 valence electrons. The average Bonchev–Trinajstić information content (AvgIpc) is 2.08. The third kappa shape index (κ3) is 19.9. The van der Waals surface area contributed by atoms with E-state index in [2.05, 4.69) is 5.32 Å². The van der Waals surface area contributed by atoms with Crippen molar-refractivity contribution < 1.29 is 71.6 Å². The monoisotopic (exact) mass is 1230 g/mol. The molecule has 0 aromatic heterocycles. The van der Waals surface area contributed by atoms with Crippen molar-refractivity contribution in [2.45, 2.75) is 135 Å². The molecule has 0 spiro atoms. The number of nitrogens with one attached hydrogen (secondary N) is 1. The van der Waals surface area contributed by atoms with Crippen LogP contribution in [-0.4, -0.2) is 196 Å². The first-order valence-corrected chi connectivity index (χ1v) is 30.5. The van der Waals surface area contributed by atoms with Gasteiger partial charge >= 0.3 is 11.9 Å². The van der Waals surface area contributed by atoms with Gasteiger partial charge in [-0.3, -0.25) is 33.6 Å². The largest absolute Gasteiger partial charge is 0.493 e. The number of piperazine rings is 1. The number of fused-ring (bicyclic) bond motifs is 4. The summed E-state index contributed by atoms with van der Waals surface area (Å²) in [4.78, 5) is 135. The SMILES string of the molecule is CCCC[C@H]1C(=O)N[C@@H](Cc2ccc3ccccc3c2)C(=O)N(C)[C@@H](COC(C)(C)C)C(=O)CCC(=O)N(C)CCC=CC(=O)OCC(C)(C)C(=O)C(=O)N2CCN(C)C[C@H]2C(=O)O[C@H](CCc2ccc(OC)c(OC)c2)c2cccc(c2)OCC(=O)N1C. The molecule has 6 rings (SSSR count). The number of carbonyl (C=O) groups excluding carboxylic acids is 9. The number of benzene rings is 4. The summed E-state index contributed by atoms with van der Waals surface area (Å²) in [5.41, 5.74) is -0.199. The number of carbonyl (C=O) groups is 9. The summed E-state index contributed by atoms with van der Waals surface area (Å²) in [5, 5.41) is 4.87. The molecule has 5 atom stereocenters. The minimum absolute atomic E-state index is 0.0179. The van der Waals surface area contributed by atoms with Crippen LogP contribution in [0.2, 0.25) is 0 Å². The zero-order valence-electron chi connectivity index (χ0n) is 53.8. The number of methoxy groups -OCH3 is 2. The van der Waals surface area contributed by atoms with Crippen LogP contribution in [0.5, 0.6) is 17.2 Å². The molecule has 89 heavy (non-hydrogen) atoms. The lowest BCUT2D eigenvalue weighted by atomic mass is 9.87. The van der Waals surface area contributed by atoms with Crippen molar-refractivity contribution in [2.75, 3.05) is 88.4 Å². The van der Waals surface area contributed by atoms with Crippen LogP contribution in [0.25, 0.3) is 10.8 Å². The molecule has 2 aliphatic heterocycles. The van der Waals surface area contributed by atoms with E-state index in [1.807, 2.05) is 87.2 Å². The molecule has 1 N–H and O–H groups in total. The molecular formula is C68H90N6O15. The minimum atomic E-state index is -1.51. The van der Waals surface area contributed by atoms with Crippen molar-refractivity contribution in [3.63, 3.8) is 0 Å². The first-order valence-electron chi connectivity index (χ1n) is 30.5. The number of ether oxygens (including phenoxy) is 6. The number of unbranched alkanes of at least 4 members (excludes halogenated alkanes) is 1. The molecule has 0 aliphatic carbocycles. The van der Waals surface area contributed by atoms with E-state index in [0.29, 0.717) is 42.9 Å². The highest BCUT2D eigenvalue weighted by molar-refractivity contribution is 6.38. The first-order chi connectivity index (χ1) is 42.2. The Morgan fingerprint density at radius 1 is 0.719 bits per heavy atom. The van der Waals surface area contributed by atoms with Gasteiger partial charge in [-0.15, -0.1) is 0 Å². The van der Waals surface area contributed by atoms with E-state index >= 15 is 4.79 Å². The summed E-state index contributed by atoms with van der Waals surface area (Å²) in [6.07, 6.45) is 3.53. The van der Waals surface area contributed by atoms with Crippen molar-refractivity contribution in [3.8, 4) is 17.2 Å². The molecule has 0 radical (unpaired) electrons. The van der Waals surface area contributed by atoms with Crippen molar-refractivity contribution in [3.05, 3.63) is 114 Å². The second kappa shape index (κ2) is 32.4. The molecule has 2 bridgehead atoms. The second-order valence-corrected chi connectivity index (χ2v) is 24.6. The lowest BCUT2D eigenvalue weighted by Gasteiger charge is -2.39. The van der Waals surface area contributed by atoms with Crippen molar-refractivity contribution in [1.29, 1.82) is 0 Å². The summed E-state index contributed by atoms with van der Waals surface area (Å²) >= 11 is 0. The Balaban J connectivity index is 1.36. The number of ketones is 2. The van der Waals surface area contributed by atoms with E-state index in [-0.39, 0.29) is 76.4 Å². The van der Waals surface area contributed by atoms with E-state index in [1.165, 1.54) is 67.8 Å². The number of hydrogen-bond acceptors (Lipinski definition) is 16. The van der Waals surface area contributed by atoms with Gasteiger partial charge in [-0.05, 0) is 119 Å². The maximum absolute atomic E-state index is 15.1. The van der Waals surface area contributed by atoms with Gasteiger partial charge in [0.05, 0.1) is 31.8 Å². The van der Waals surface area contributed by atoms with Crippen LogP contribution in [0.1, 0.15) is 109 Å². The molecule has 21 heteroatoms. The van der Waals surface area contributed by atoms with E-state index in [9.17, 15) is 38.4 Å². The Morgan fingerprint density at radius 2 is 1.44 bits per heavy atom. The van der Waals surface area contributed by atoms with Gasteiger partial charge in [0.2, 0.25) is 23.5 Å². The summed E-state index contributed by atoms with van der Waals surface area (Å²) in [7, 11) is 9.38. The highest BCUT2D eigenvalue weighted by Crippen LogP contribution is 2.33. The van der Waals surface area contributed by atoms with E-state index in [4.69, 9.17) is 28.4 Å². The minimum Gasteiger partial charge on any atom is -0.493 e. The summed E-state index contributed by atoms with van der Waals surface area (Å²) in [6.45, 7) is 9.72. The number of cyclic esters (lactones) is 2.